The van der Waals surface area contributed by atoms with E-state index in [4.69, 9.17) is 0 Å². The average molecular weight is 294 g/mol. The van der Waals surface area contributed by atoms with Crippen molar-refractivity contribution in [2.45, 2.75) is 26.8 Å². The van der Waals surface area contributed by atoms with Gasteiger partial charge in [0.15, 0.2) is 0 Å². The van der Waals surface area contributed by atoms with Crippen LogP contribution in [0, 0.1) is 13.8 Å². The van der Waals surface area contributed by atoms with Crippen LogP contribution in [0.4, 0.5) is 25.0 Å². The summed E-state index contributed by atoms with van der Waals surface area (Å²) in [5.41, 5.74) is 2.98. The van der Waals surface area contributed by atoms with Crippen LogP contribution in [0.25, 0.3) is 0 Å². The summed E-state index contributed by atoms with van der Waals surface area (Å²) in [4.78, 5) is 11.9. The summed E-state index contributed by atoms with van der Waals surface area (Å²) in [6, 6.07) is 5.25. The number of para-hydroxylation sites is 1. The fraction of sp³-hybridized carbons (Fsp3) is 0.286. The molecule has 0 aliphatic heterocycles. The molecule has 112 valence electrons. The van der Waals surface area contributed by atoms with E-state index in [9.17, 15) is 13.6 Å². The Morgan fingerprint density at radius 2 is 1.95 bits per heavy atom. The minimum Gasteiger partial charge on any atom is -0.307 e. The van der Waals surface area contributed by atoms with Crippen LogP contribution in [0.15, 0.2) is 30.6 Å². The van der Waals surface area contributed by atoms with Crippen molar-refractivity contribution in [2.75, 3.05) is 10.6 Å². The molecule has 0 atom stereocenters. The molecule has 0 fully saturated rings. The molecule has 0 bridgehead atoms. The molecule has 2 rings (SSSR count). The quantitative estimate of drug-likeness (QED) is 0.908. The topological polar surface area (TPSA) is 59.0 Å². The molecule has 1 heterocycles. The first-order valence-corrected chi connectivity index (χ1v) is 6.40. The zero-order chi connectivity index (χ0) is 15.4. The third-order valence-corrected chi connectivity index (χ3v) is 2.94. The van der Waals surface area contributed by atoms with Gasteiger partial charge in [0.25, 0.3) is 6.43 Å². The molecule has 0 saturated heterocycles. The second-order valence-corrected chi connectivity index (χ2v) is 4.69. The van der Waals surface area contributed by atoms with E-state index in [1.165, 1.54) is 12.4 Å². The van der Waals surface area contributed by atoms with Crippen molar-refractivity contribution in [1.82, 2.24) is 9.78 Å². The lowest BCUT2D eigenvalue weighted by Gasteiger charge is -2.11. The lowest BCUT2D eigenvalue weighted by Crippen LogP contribution is -2.20. The predicted molar refractivity (Wildman–Crippen MR) is 76.8 cm³/mol. The van der Waals surface area contributed by atoms with Crippen molar-refractivity contribution >= 4 is 17.4 Å². The summed E-state index contributed by atoms with van der Waals surface area (Å²) in [5.74, 6) is 0. The third kappa shape index (κ3) is 4.01. The summed E-state index contributed by atoms with van der Waals surface area (Å²) < 4.78 is 25.5. The summed E-state index contributed by atoms with van der Waals surface area (Å²) in [7, 11) is 0. The predicted octanol–water partition coefficient (Wildman–Crippen LogP) is 3.41. The monoisotopic (exact) mass is 294 g/mol. The van der Waals surface area contributed by atoms with Gasteiger partial charge in [0.2, 0.25) is 0 Å². The second-order valence-electron chi connectivity index (χ2n) is 4.69. The number of amides is 2. The minimum absolute atomic E-state index is 0.361. The smallest absolute Gasteiger partial charge is 0.307 e. The number of aryl methyl sites for hydroxylation is 2. The van der Waals surface area contributed by atoms with Gasteiger partial charge in [-0.05, 0) is 25.0 Å². The Hall–Kier alpha value is -2.44. The summed E-state index contributed by atoms with van der Waals surface area (Å²) in [5, 5.41) is 9.05. The highest BCUT2D eigenvalue weighted by atomic mass is 19.3. The molecule has 21 heavy (non-hydrogen) atoms. The fourth-order valence-corrected chi connectivity index (χ4v) is 1.96. The molecule has 0 aliphatic carbocycles. The number of hydrogen-bond acceptors (Lipinski definition) is 2. The second kappa shape index (κ2) is 6.34. The van der Waals surface area contributed by atoms with Crippen LogP contribution in [0.1, 0.15) is 11.1 Å². The molecule has 1 aromatic heterocycles. The highest BCUT2D eigenvalue weighted by molar-refractivity contribution is 6.00. The van der Waals surface area contributed by atoms with Crippen LogP contribution in [0.3, 0.4) is 0 Å². The summed E-state index contributed by atoms with van der Waals surface area (Å²) >= 11 is 0. The number of benzene rings is 1. The summed E-state index contributed by atoms with van der Waals surface area (Å²) in [6.45, 7) is 3.28. The van der Waals surface area contributed by atoms with E-state index < -0.39 is 19.0 Å². The van der Waals surface area contributed by atoms with Crippen molar-refractivity contribution in [3.05, 3.63) is 41.7 Å². The number of rotatable bonds is 4. The molecule has 1 aromatic carbocycles. The number of hydrogen-bond donors (Lipinski definition) is 2. The Kier molecular flexibility index (Phi) is 4.52. The van der Waals surface area contributed by atoms with Crippen LogP contribution in [0.2, 0.25) is 0 Å². The van der Waals surface area contributed by atoms with Crippen molar-refractivity contribution in [3.63, 3.8) is 0 Å². The van der Waals surface area contributed by atoms with Crippen molar-refractivity contribution < 1.29 is 13.6 Å². The molecular formula is C14H16F2N4O. The first-order chi connectivity index (χ1) is 9.95. The third-order valence-electron chi connectivity index (χ3n) is 2.94. The standard InChI is InChI=1S/C14H16F2N4O/c1-9-4-3-5-10(2)13(9)19-14(21)18-11-6-17-20(7-11)8-12(15)16/h3-7,12H,8H2,1-2H3,(H2,18,19,21). The van der Waals surface area contributed by atoms with E-state index in [1.807, 2.05) is 32.0 Å². The number of nitrogens with zero attached hydrogens (tertiary/aromatic N) is 2. The number of carbonyl (C=O) groups excluding carboxylic acids is 1. The zero-order valence-electron chi connectivity index (χ0n) is 11.7. The first kappa shape index (κ1) is 15.0. The number of halogens is 2. The maximum atomic E-state index is 12.2. The number of carbonyl (C=O) groups is 1. The number of anilines is 2. The van der Waals surface area contributed by atoms with Gasteiger partial charge < -0.3 is 10.6 Å². The number of aromatic nitrogens is 2. The van der Waals surface area contributed by atoms with Crippen LogP contribution in [-0.4, -0.2) is 22.2 Å². The van der Waals surface area contributed by atoms with Gasteiger partial charge in [-0.2, -0.15) is 5.10 Å². The van der Waals surface area contributed by atoms with Gasteiger partial charge in [0, 0.05) is 11.9 Å². The van der Waals surface area contributed by atoms with Crippen LogP contribution < -0.4 is 10.6 Å². The Labute approximate surface area is 121 Å². The number of alkyl halides is 2. The van der Waals surface area contributed by atoms with E-state index in [0.717, 1.165) is 21.5 Å². The normalized spacial score (nSPS) is 10.7. The minimum atomic E-state index is -2.49. The fourth-order valence-electron chi connectivity index (χ4n) is 1.96. The molecule has 0 unspecified atom stereocenters. The Morgan fingerprint density at radius 1 is 1.29 bits per heavy atom. The van der Waals surface area contributed by atoms with Crippen LogP contribution >= 0.6 is 0 Å². The van der Waals surface area contributed by atoms with Crippen LogP contribution in [-0.2, 0) is 6.54 Å². The van der Waals surface area contributed by atoms with E-state index >= 15 is 0 Å². The van der Waals surface area contributed by atoms with Crippen molar-refractivity contribution in [3.8, 4) is 0 Å². The molecule has 0 spiro atoms. The van der Waals surface area contributed by atoms with Crippen molar-refractivity contribution in [2.24, 2.45) is 0 Å². The Bertz CT molecular complexity index is 619. The first-order valence-electron chi connectivity index (χ1n) is 6.40. The molecule has 5 nitrogen and oxygen atoms in total. The average Bonchev–Trinajstić information content (AvgIpc) is 2.80. The lowest BCUT2D eigenvalue weighted by atomic mass is 10.1. The molecule has 7 heteroatoms. The maximum absolute atomic E-state index is 12.2. The van der Waals surface area contributed by atoms with Gasteiger partial charge in [0.1, 0.15) is 6.54 Å². The zero-order valence-corrected chi connectivity index (χ0v) is 11.7. The number of nitrogens with one attached hydrogen (secondary N) is 2. The molecular weight excluding hydrogens is 278 g/mol. The molecule has 0 aliphatic rings. The van der Waals surface area contributed by atoms with Gasteiger partial charge in [0.05, 0.1) is 11.9 Å². The van der Waals surface area contributed by atoms with Gasteiger partial charge in [-0.25, -0.2) is 13.6 Å². The largest absolute Gasteiger partial charge is 0.323 e. The molecule has 2 N–H and O–H groups in total. The van der Waals surface area contributed by atoms with Crippen LogP contribution in [0.5, 0.6) is 0 Å². The SMILES string of the molecule is Cc1cccc(C)c1NC(=O)Nc1cnn(CC(F)F)c1. The molecule has 0 saturated carbocycles. The summed E-state index contributed by atoms with van der Waals surface area (Å²) in [6.07, 6.45) is 0.199. The van der Waals surface area contributed by atoms with E-state index in [0.29, 0.717) is 5.69 Å². The van der Waals surface area contributed by atoms with E-state index in [1.54, 1.807) is 0 Å². The molecule has 2 aromatic rings. The highest BCUT2D eigenvalue weighted by Gasteiger charge is 2.10. The highest BCUT2D eigenvalue weighted by Crippen LogP contribution is 2.19. The Morgan fingerprint density at radius 3 is 2.57 bits per heavy atom. The van der Waals surface area contributed by atoms with Crippen molar-refractivity contribution in [1.29, 1.82) is 0 Å². The number of urea groups is 1. The van der Waals surface area contributed by atoms with Gasteiger partial charge in [-0.3, -0.25) is 4.68 Å². The van der Waals surface area contributed by atoms with Gasteiger partial charge in [-0.1, -0.05) is 18.2 Å². The Balaban J connectivity index is 2.00. The van der Waals surface area contributed by atoms with Gasteiger partial charge >= 0.3 is 6.03 Å². The van der Waals surface area contributed by atoms with E-state index in [-0.39, 0.29) is 0 Å². The van der Waals surface area contributed by atoms with Gasteiger partial charge in [-0.15, -0.1) is 0 Å². The maximum Gasteiger partial charge on any atom is 0.323 e. The lowest BCUT2D eigenvalue weighted by molar-refractivity contribution is 0.122. The molecule has 0 radical (unpaired) electrons. The molecule has 2 amide bonds. The van der Waals surface area contributed by atoms with E-state index in [2.05, 4.69) is 15.7 Å².